The van der Waals surface area contributed by atoms with Crippen LogP contribution in [-0.2, 0) is 9.78 Å². The van der Waals surface area contributed by atoms with E-state index in [4.69, 9.17) is 9.78 Å². The van der Waals surface area contributed by atoms with Gasteiger partial charge in [-0.3, -0.25) is 0 Å². The first-order valence-corrected chi connectivity index (χ1v) is 6.02. The van der Waals surface area contributed by atoms with Gasteiger partial charge in [0.1, 0.15) is 0 Å². The third-order valence-electron chi connectivity index (χ3n) is 2.78. The van der Waals surface area contributed by atoms with Crippen LogP contribution in [-0.4, -0.2) is 11.7 Å². The standard InChI is InChI=1S/C13H26O2/c1-10-7-11(9-13(5,6)8-10)14-15-12(2,3)4/h10-11H,7-9H2,1-6H3. The second-order valence-corrected chi connectivity index (χ2v) is 6.83. The second-order valence-electron chi connectivity index (χ2n) is 6.83. The Hall–Kier alpha value is -0.0800. The van der Waals surface area contributed by atoms with Gasteiger partial charge in [0.05, 0.1) is 11.7 Å². The molecule has 1 aliphatic rings. The van der Waals surface area contributed by atoms with E-state index in [0.29, 0.717) is 5.41 Å². The summed E-state index contributed by atoms with van der Waals surface area (Å²) in [6.45, 7) is 13.0. The van der Waals surface area contributed by atoms with E-state index in [0.717, 1.165) is 18.8 Å². The van der Waals surface area contributed by atoms with Crippen LogP contribution in [0.2, 0.25) is 0 Å². The highest BCUT2D eigenvalue weighted by molar-refractivity contribution is 4.82. The molecule has 1 saturated carbocycles. The van der Waals surface area contributed by atoms with Gasteiger partial charge in [-0.2, -0.15) is 0 Å². The molecule has 1 aliphatic carbocycles. The van der Waals surface area contributed by atoms with Crippen molar-refractivity contribution in [2.75, 3.05) is 0 Å². The zero-order valence-electron chi connectivity index (χ0n) is 11.1. The summed E-state index contributed by atoms with van der Waals surface area (Å²) in [6, 6.07) is 0. The van der Waals surface area contributed by atoms with Crippen LogP contribution in [0, 0.1) is 11.3 Å². The summed E-state index contributed by atoms with van der Waals surface area (Å²) in [5, 5.41) is 0. The van der Waals surface area contributed by atoms with Crippen LogP contribution in [0.4, 0.5) is 0 Å². The molecule has 2 unspecified atom stereocenters. The van der Waals surface area contributed by atoms with Gasteiger partial charge < -0.3 is 0 Å². The van der Waals surface area contributed by atoms with Crippen LogP contribution >= 0.6 is 0 Å². The van der Waals surface area contributed by atoms with Crippen LogP contribution < -0.4 is 0 Å². The van der Waals surface area contributed by atoms with Gasteiger partial charge in [0.15, 0.2) is 0 Å². The summed E-state index contributed by atoms with van der Waals surface area (Å²) < 4.78 is 0. The van der Waals surface area contributed by atoms with E-state index in [2.05, 4.69) is 20.8 Å². The Morgan fingerprint density at radius 2 is 1.73 bits per heavy atom. The smallest absolute Gasteiger partial charge is 0.0952 e. The van der Waals surface area contributed by atoms with Gasteiger partial charge in [-0.1, -0.05) is 20.8 Å². The lowest BCUT2D eigenvalue weighted by atomic mass is 9.71. The molecule has 0 aliphatic heterocycles. The Balaban J connectivity index is 2.42. The van der Waals surface area contributed by atoms with E-state index in [1.807, 2.05) is 20.8 Å². The first-order valence-electron chi connectivity index (χ1n) is 6.02. The second kappa shape index (κ2) is 4.42. The quantitative estimate of drug-likeness (QED) is 0.512. The average Bonchev–Trinajstić information content (AvgIpc) is 1.95. The van der Waals surface area contributed by atoms with Gasteiger partial charge >= 0.3 is 0 Å². The predicted molar refractivity (Wildman–Crippen MR) is 62.5 cm³/mol. The van der Waals surface area contributed by atoms with Crippen molar-refractivity contribution in [1.82, 2.24) is 0 Å². The van der Waals surface area contributed by atoms with Crippen molar-refractivity contribution in [3.63, 3.8) is 0 Å². The Kier molecular flexibility index (Phi) is 3.83. The van der Waals surface area contributed by atoms with E-state index < -0.39 is 0 Å². The molecule has 0 spiro atoms. The van der Waals surface area contributed by atoms with Crippen LogP contribution in [0.3, 0.4) is 0 Å². The Morgan fingerprint density at radius 3 is 2.20 bits per heavy atom. The third kappa shape index (κ3) is 4.98. The van der Waals surface area contributed by atoms with E-state index in [9.17, 15) is 0 Å². The van der Waals surface area contributed by atoms with Crippen molar-refractivity contribution in [1.29, 1.82) is 0 Å². The molecule has 0 N–H and O–H groups in total. The summed E-state index contributed by atoms with van der Waals surface area (Å²) in [5.41, 5.74) is 0.189. The minimum Gasteiger partial charge on any atom is -0.233 e. The topological polar surface area (TPSA) is 18.5 Å². The van der Waals surface area contributed by atoms with Crippen LogP contribution in [0.25, 0.3) is 0 Å². The number of hydrogen-bond acceptors (Lipinski definition) is 2. The molecular weight excluding hydrogens is 188 g/mol. The molecule has 0 aromatic heterocycles. The van der Waals surface area contributed by atoms with E-state index in [-0.39, 0.29) is 11.7 Å². The molecule has 0 radical (unpaired) electrons. The minimum atomic E-state index is -0.204. The van der Waals surface area contributed by atoms with Crippen molar-refractivity contribution in [2.45, 2.75) is 72.5 Å². The summed E-state index contributed by atoms with van der Waals surface area (Å²) >= 11 is 0. The number of hydrogen-bond donors (Lipinski definition) is 0. The molecule has 2 heteroatoms. The summed E-state index contributed by atoms with van der Waals surface area (Å²) in [4.78, 5) is 11.0. The van der Waals surface area contributed by atoms with Crippen LogP contribution in [0.1, 0.15) is 60.8 Å². The molecule has 0 aromatic rings. The average molecular weight is 214 g/mol. The van der Waals surface area contributed by atoms with Crippen molar-refractivity contribution in [2.24, 2.45) is 11.3 Å². The van der Waals surface area contributed by atoms with Crippen molar-refractivity contribution >= 4 is 0 Å². The zero-order valence-corrected chi connectivity index (χ0v) is 11.1. The summed E-state index contributed by atoms with van der Waals surface area (Å²) in [7, 11) is 0. The Bertz CT molecular complexity index is 203. The SMILES string of the molecule is CC1CC(OOC(C)(C)C)CC(C)(C)C1. The van der Waals surface area contributed by atoms with Gasteiger partial charge in [0, 0.05) is 0 Å². The maximum Gasteiger partial charge on any atom is 0.0952 e. The normalized spacial score (nSPS) is 31.6. The highest BCUT2D eigenvalue weighted by Gasteiger charge is 2.33. The molecule has 1 rings (SSSR count). The zero-order chi connectivity index (χ0) is 11.7. The predicted octanol–water partition coefficient (Wildman–Crippen LogP) is 3.95. The fraction of sp³-hybridized carbons (Fsp3) is 1.00. The fourth-order valence-corrected chi connectivity index (χ4v) is 2.54. The van der Waals surface area contributed by atoms with Gasteiger partial charge in [-0.15, -0.1) is 0 Å². The monoisotopic (exact) mass is 214 g/mol. The molecule has 15 heavy (non-hydrogen) atoms. The molecule has 0 aromatic carbocycles. The maximum atomic E-state index is 5.55. The van der Waals surface area contributed by atoms with Gasteiger partial charge in [0.25, 0.3) is 0 Å². The van der Waals surface area contributed by atoms with Crippen molar-refractivity contribution < 1.29 is 9.78 Å². The maximum absolute atomic E-state index is 5.55. The van der Waals surface area contributed by atoms with Gasteiger partial charge in [-0.25, -0.2) is 9.78 Å². The van der Waals surface area contributed by atoms with E-state index in [1.54, 1.807) is 0 Å². The van der Waals surface area contributed by atoms with Crippen LogP contribution in [0.5, 0.6) is 0 Å². The van der Waals surface area contributed by atoms with Gasteiger partial charge in [0.2, 0.25) is 0 Å². The van der Waals surface area contributed by atoms with Crippen LogP contribution in [0.15, 0.2) is 0 Å². The highest BCUT2D eigenvalue weighted by atomic mass is 17.2. The van der Waals surface area contributed by atoms with Crippen molar-refractivity contribution in [3.05, 3.63) is 0 Å². The molecule has 0 bridgehead atoms. The fourth-order valence-electron chi connectivity index (χ4n) is 2.54. The molecule has 0 saturated heterocycles. The molecular formula is C13H26O2. The molecule has 2 atom stereocenters. The first-order chi connectivity index (χ1) is 6.68. The van der Waals surface area contributed by atoms with Gasteiger partial charge in [-0.05, 0) is 51.4 Å². The molecule has 90 valence electrons. The number of rotatable bonds is 2. The molecule has 2 nitrogen and oxygen atoms in total. The first kappa shape index (κ1) is 13.0. The van der Waals surface area contributed by atoms with Crippen molar-refractivity contribution in [3.8, 4) is 0 Å². The highest BCUT2D eigenvalue weighted by Crippen LogP contribution is 2.39. The third-order valence-corrected chi connectivity index (χ3v) is 2.78. The summed E-state index contributed by atoms with van der Waals surface area (Å²) in [5.74, 6) is 0.738. The minimum absolute atomic E-state index is 0.204. The van der Waals surface area contributed by atoms with E-state index >= 15 is 0 Å². The lowest BCUT2D eigenvalue weighted by Crippen LogP contribution is -2.34. The van der Waals surface area contributed by atoms with E-state index in [1.165, 1.54) is 6.42 Å². The lowest BCUT2D eigenvalue weighted by molar-refractivity contribution is -0.380. The Morgan fingerprint density at radius 1 is 1.13 bits per heavy atom. The largest absolute Gasteiger partial charge is 0.233 e. The lowest BCUT2D eigenvalue weighted by Gasteiger charge is -2.38. The molecule has 0 amide bonds. The Labute approximate surface area is 94.3 Å². The summed E-state index contributed by atoms with van der Waals surface area (Å²) in [6.07, 6.45) is 3.79. The molecule has 1 fully saturated rings. The molecule has 0 heterocycles.